The van der Waals surface area contributed by atoms with Crippen LogP contribution in [0, 0.1) is 0 Å². The smallest absolute Gasteiger partial charge is 0.269 e. The number of anilines is 1. The number of fused-ring (bicyclic) bond motifs is 1. The molecule has 1 aliphatic rings. The van der Waals surface area contributed by atoms with Crippen LogP contribution in [0.15, 0.2) is 42.6 Å². The van der Waals surface area contributed by atoms with Gasteiger partial charge in [0.2, 0.25) is 0 Å². The van der Waals surface area contributed by atoms with Gasteiger partial charge in [-0.2, -0.15) is 0 Å². The Morgan fingerprint density at radius 2 is 2.10 bits per heavy atom. The highest BCUT2D eigenvalue weighted by atomic mass is 35.5. The molecule has 150 valence electrons. The number of amides is 1. The van der Waals surface area contributed by atoms with Crippen molar-refractivity contribution in [1.29, 1.82) is 0 Å². The van der Waals surface area contributed by atoms with Crippen LogP contribution in [0.5, 0.6) is 11.5 Å². The Hall–Kier alpha value is -2.61. The molecule has 0 fully saturated rings. The molecule has 1 unspecified atom stereocenters. The Kier molecular flexibility index (Phi) is 5.45. The lowest BCUT2D eigenvalue weighted by Gasteiger charge is -2.19. The predicted octanol–water partition coefficient (Wildman–Crippen LogP) is 4.39. The van der Waals surface area contributed by atoms with Crippen LogP contribution in [0.25, 0.3) is 10.6 Å². The van der Waals surface area contributed by atoms with Gasteiger partial charge in [-0.25, -0.2) is 0 Å². The number of aromatic nitrogens is 1. The molecule has 0 radical (unpaired) electrons. The largest absolute Gasteiger partial charge is 0.493 e. The van der Waals surface area contributed by atoms with Crippen molar-refractivity contribution >= 4 is 34.5 Å². The summed E-state index contributed by atoms with van der Waals surface area (Å²) in [5.74, 6) is 0.983. The van der Waals surface area contributed by atoms with Gasteiger partial charge in [0.05, 0.1) is 40.2 Å². The molecule has 3 aromatic rings. The van der Waals surface area contributed by atoms with Crippen LogP contribution in [0.2, 0.25) is 5.02 Å². The molecule has 1 N–H and O–H groups in total. The van der Waals surface area contributed by atoms with Crippen molar-refractivity contribution in [2.24, 2.45) is 0 Å². The van der Waals surface area contributed by atoms with Gasteiger partial charge in [-0.3, -0.25) is 9.78 Å². The van der Waals surface area contributed by atoms with Crippen LogP contribution >= 0.6 is 22.9 Å². The average Bonchev–Trinajstić information content (AvgIpc) is 3.26. The van der Waals surface area contributed by atoms with E-state index in [-0.39, 0.29) is 12.5 Å². The summed E-state index contributed by atoms with van der Waals surface area (Å²) in [7, 11) is 1.54. The Morgan fingerprint density at radius 1 is 1.28 bits per heavy atom. The molecular formula is C21H19ClN2O4S. The zero-order valence-corrected chi connectivity index (χ0v) is 17.5. The maximum absolute atomic E-state index is 13.0. The minimum atomic E-state index is -0.583. The van der Waals surface area contributed by atoms with Crippen LogP contribution < -0.4 is 14.4 Å². The fraction of sp³-hybridized carbons (Fsp3) is 0.238. The predicted molar refractivity (Wildman–Crippen MR) is 113 cm³/mol. The normalized spacial score (nSPS) is 14.1. The molecule has 1 aromatic carbocycles. The van der Waals surface area contributed by atoms with Gasteiger partial charge in [0.1, 0.15) is 6.61 Å². The van der Waals surface area contributed by atoms with Gasteiger partial charge in [0.15, 0.2) is 11.5 Å². The Bertz CT molecular complexity index is 1050. The first kappa shape index (κ1) is 19.7. The summed E-state index contributed by atoms with van der Waals surface area (Å²) in [6, 6.07) is 11.0. The molecule has 6 nitrogen and oxygen atoms in total. The standard InChI is InChI=1S/C21H19ClN2O4S/c1-12(25)11-28-17-6-4-15(8-18(17)27-2)24-10-13-7-19(29-20(13)21(24)26)16-5-3-14(22)9-23-16/h3-9,12,25H,10-11H2,1-2H3. The van der Waals surface area contributed by atoms with Crippen molar-refractivity contribution in [3.63, 3.8) is 0 Å². The third-order valence-corrected chi connectivity index (χ3v) is 5.91. The fourth-order valence-electron chi connectivity index (χ4n) is 3.10. The monoisotopic (exact) mass is 430 g/mol. The van der Waals surface area contributed by atoms with E-state index in [0.29, 0.717) is 27.9 Å². The number of halogens is 1. The highest BCUT2D eigenvalue weighted by molar-refractivity contribution is 7.17. The molecule has 1 aliphatic heterocycles. The molecule has 3 heterocycles. The zero-order chi connectivity index (χ0) is 20.5. The number of carbonyl (C=O) groups excluding carboxylic acids is 1. The Labute approximate surface area is 177 Å². The quantitative estimate of drug-likeness (QED) is 0.627. The first-order valence-corrected chi connectivity index (χ1v) is 10.2. The van der Waals surface area contributed by atoms with Gasteiger partial charge in [0.25, 0.3) is 5.91 Å². The first-order valence-electron chi connectivity index (χ1n) is 9.01. The second-order valence-corrected chi connectivity index (χ2v) is 8.20. The van der Waals surface area contributed by atoms with E-state index in [9.17, 15) is 9.90 Å². The van der Waals surface area contributed by atoms with Crippen molar-refractivity contribution < 1.29 is 19.4 Å². The van der Waals surface area contributed by atoms with Gasteiger partial charge in [0, 0.05) is 18.0 Å². The van der Waals surface area contributed by atoms with E-state index in [0.717, 1.165) is 21.8 Å². The highest BCUT2D eigenvalue weighted by Crippen LogP contribution is 2.40. The maximum atomic E-state index is 13.0. The number of nitrogens with zero attached hydrogens (tertiary/aromatic N) is 2. The first-order chi connectivity index (χ1) is 14.0. The van der Waals surface area contributed by atoms with Crippen LogP contribution in [0.1, 0.15) is 22.2 Å². The van der Waals surface area contributed by atoms with E-state index in [2.05, 4.69) is 4.98 Å². The van der Waals surface area contributed by atoms with Gasteiger partial charge < -0.3 is 19.5 Å². The third kappa shape index (κ3) is 3.94. The van der Waals surface area contributed by atoms with Crippen LogP contribution in [-0.2, 0) is 6.54 Å². The van der Waals surface area contributed by atoms with E-state index in [4.69, 9.17) is 21.1 Å². The molecular weight excluding hydrogens is 412 g/mol. The number of carbonyl (C=O) groups is 1. The summed E-state index contributed by atoms with van der Waals surface area (Å²) in [4.78, 5) is 20.7. The second-order valence-electron chi connectivity index (χ2n) is 6.71. The summed E-state index contributed by atoms with van der Waals surface area (Å²) in [5.41, 5.74) is 2.50. The number of hydrogen-bond donors (Lipinski definition) is 1. The zero-order valence-electron chi connectivity index (χ0n) is 15.9. The van der Waals surface area contributed by atoms with E-state index in [1.807, 2.05) is 18.2 Å². The number of benzene rings is 1. The van der Waals surface area contributed by atoms with E-state index < -0.39 is 6.10 Å². The molecule has 29 heavy (non-hydrogen) atoms. The second kappa shape index (κ2) is 8.02. The lowest BCUT2D eigenvalue weighted by atomic mass is 10.2. The fourth-order valence-corrected chi connectivity index (χ4v) is 4.31. The van der Waals surface area contributed by atoms with Gasteiger partial charge in [-0.05, 0) is 42.8 Å². The van der Waals surface area contributed by atoms with Crippen LogP contribution in [-0.4, -0.2) is 35.8 Å². The molecule has 8 heteroatoms. The Balaban J connectivity index is 1.56. The number of rotatable bonds is 6. The van der Waals surface area contributed by atoms with Crippen molar-refractivity contribution in [3.05, 3.63) is 58.1 Å². The van der Waals surface area contributed by atoms with E-state index in [1.165, 1.54) is 11.3 Å². The topological polar surface area (TPSA) is 71.9 Å². The molecule has 4 rings (SSSR count). The lowest BCUT2D eigenvalue weighted by molar-refractivity contribution is 0.1000. The van der Waals surface area contributed by atoms with Crippen molar-refractivity contribution in [2.75, 3.05) is 18.6 Å². The molecule has 0 aliphatic carbocycles. The summed E-state index contributed by atoms with van der Waals surface area (Å²) in [6.45, 7) is 2.29. The number of aliphatic hydroxyl groups is 1. The number of hydrogen-bond acceptors (Lipinski definition) is 6. The summed E-state index contributed by atoms with van der Waals surface area (Å²) in [6.07, 6.45) is 1.02. The summed E-state index contributed by atoms with van der Waals surface area (Å²) < 4.78 is 11.0. The van der Waals surface area contributed by atoms with Crippen molar-refractivity contribution in [3.8, 4) is 22.1 Å². The number of methoxy groups -OCH3 is 1. The number of pyridine rings is 1. The summed E-state index contributed by atoms with van der Waals surface area (Å²) in [5, 5.41) is 9.98. The highest BCUT2D eigenvalue weighted by Gasteiger charge is 2.32. The number of aliphatic hydroxyl groups excluding tert-OH is 1. The molecule has 0 saturated heterocycles. The molecule has 1 amide bonds. The molecule has 2 aromatic heterocycles. The number of ether oxygens (including phenoxy) is 2. The summed E-state index contributed by atoms with van der Waals surface area (Å²) >= 11 is 7.34. The molecule has 0 bridgehead atoms. The molecule has 0 spiro atoms. The van der Waals surface area contributed by atoms with Crippen molar-refractivity contribution in [2.45, 2.75) is 19.6 Å². The minimum absolute atomic E-state index is 0.0510. The average molecular weight is 431 g/mol. The minimum Gasteiger partial charge on any atom is -0.493 e. The Morgan fingerprint density at radius 3 is 2.76 bits per heavy atom. The molecule has 0 saturated carbocycles. The van der Waals surface area contributed by atoms with Crippen LogP contribution in [0.3, 0.4) is 0 Å². The van der Waals surface area contributed by atoms with Gasteiger partial charge in [-0.15, -0.1) is 11.3 Å². The van der Waals surface area contributed by atoms with Gasteiger partial charge in [-0.1, -0.05) is 11.6 Å². The number of thiophene rings is 1. The van der Waals surface area contributed by atoms with E-state index >= 15 is 0 Å². The van der Waals surface area contributed by atoms with Crippen molar-refractivity contribution in [1.82, 2.24) is 4.98 Å². The van der Waals surface area contributed by atoms with Crippen LogP contribution in [0.4, 0.5) is 5.69 Å². The maximum Gasteiger partial charge on any atom is 0.269 e. The lowest BCUT2D eigenvalue weighted by Crippen LogP contribution is -2.23. The van der Waals surface area contributed by atoms with E-state index in [1.54, 1.807) is 43.3 Å². The molecule has 1 atom stereocenters. The third-order valence-electron chi connectivity index (χ3n) is 4.50. The van der Waals surface area contributed by atoms with Gasteiger partial charge >= 0.3 is 0 Å². The SMILES string of the molecule is COc1cc(N2Cc3cc(-c4ccc(Cl)cn4)sc3C2=O)ccc1OCC(C)O.